The van der Waals surface area contributed by atoms with E-state index in [-0.39, 0.29) is 53.8 Å². The van der Waals surface area contributed by atoms with Crippen LogP contribution in [0.4, 0.5) is 0 Å². The zero-order valence-electron chi connectivity index (χ0n) is 18.4. The van der Waals surface area contributed by atoms with Gasteiger partial charge in [-0.25, -0.2) is 4.79 Å². The third kappa shape index (κ3) is 3.35. The molecule has 0 bridgehead atoms. The molecule has 7 heteroatoms. The number of hydrogen-bond acceptors (Lipinski definition) is 7. The van der Waals surface area contributed by atoms with Crippen molar-refractivity contribution in [2.45, 2.75) is 84.0 Å². The van der Waals surface area contributed by atoms with Crippen molar-refractivity contribution in [1.82, 2.24) is 0 Å². The van der Waals surface area contributed by atoms with Crippen molar-refractivity contribution in [2.75, 3.05) is 14.2 Å². The summed E-state index contributed by atoms with van der Waals surface area (Å²) >= 11 is 0. The molecule has 0 amide bonds. The Morgan fingerprint density at radius 3 is 2.31 bits per heavy atom. The molecule has 0 aromatic rings. The van der Waals surface area contributed by atoms with E-state index in [0.29, 0.717) is 12.8 Å². The van der Waals surface area contributed by atoms with Crippen molar-refractivity contribution >= 4 is 17.9 Å². The summed E-state index contributed by atoms with van der Waals surface area (Å²) in [6, 6.07) is 0. The molecule has 164 valence electrons. The van der Waals surface area contributed by atoms with Crippen molar-refractivity contribution in [1.29, 1.82) is 0 Å². The standard InChI is InChI=1S/C22H34O7/c1-13(2)28-17(23)9-8-14-20(3)10-7-11-21(4,18(24)26-5)15(20)12-16-22(14,29-16)19(25)27-6/h13-16H,7-12H2,1-6H3/t14-,15-,16-,20-,21-,22+/m1/s1. The van der Waals surface area contributed by atoms with E-state index in [0.717, 1.165) is 19.3 Å². The Hall–Kier alpha value is -1.63. The number of carbonyl (C=O) groups is 3. The molecule has 3 aliphatic rings. The van der Waals surface area contributed by atoms with Crippen LogP contribution in [-0.4, -0.2) is 49.9 Å². The quantitative estimate of drug-likeness (QED) is 0.377. The minimum atomic E-state index is -1.02. The highest BCUT2D eigenvalue weighted by Crippen LogP contribution is 2.69. The van der Waals surface area contributed by atoms with Gasteiger partial charge in [-0.3, -0.25) is 9.59 Å². The van der Waals surface area contributed by atoms with E-state index in [2.05, 4.69) is 6.92 Å². The largest absolute Gasteiger partial charge is 0.469 e. The zero-order chi connectivity index (χ0) is 21.6. The van der Waals surface area contributed by atoms with Gasteiger partial charge < -0.3 is 18.9 Å². The number of hydrogen-bond donors (Lipinski definition) is 0. The van der Waals surface area contributed by atoms with E-state index in [1.807, 2.05) is 20.8 Å². The second-order valence-electron chi connectivity index (χ2n) is 9.58. The topological polar surface area (TPSA) is 91.4 Å². The molecule has 29 heavy (non-hydrogen) atoms. The summed E-state index contributed by atoms with van der Waals surface area (Å²) in [6.45, 7) is 7.74. The van der Waals surface area contributed by atoms with Gasteiger partial charge in [-0.2, -0.15) is 0 Å². The first-order valence-corrected chi connectivity index (χ1v) is 10.6. The Morgan fingerprint density at radius 2 is 1.72 bits per heavy atom. The normalized spacial score (nSPS) is 40.4. The molecule has 6 atom stereocenters. The lowest BCUT2D eigenvalue weighted by Gasteiger charge is -2.57. The van der Waals surface area contributed by atoms with Crippen LogP contribution < -0.4 is 0 Å². The van der Waals surface area contributed by atoms with Crippen LogP contribution in [0.15, 0.2) is 0 Å². The molecule has 0 aromatic heterocycles. The lowest BCUT2D eigenvalue weighted by molar-refractivity contribution is -0.175. The van der Waals surface area contributed by atoms with Crippen molar-refractivity contribution < 1.29 is 33.3 Å². The molecule has 0 N–H and O–H groups in total. The van der Waals surface area contributed by atoms with Gasteiger partial charge in [-0.1, -0.05) is 13.3 Å². The first kappa shape index (κ1) is 22.1. The second kappa shape index (κ2) is 7.56. The Bertz CT molecular complexity index is 689. The number of carbonyl (C=O) groups excluding carboxylic acids is 3. The predicted molar refractivity (Wildman–Crippen MR) is 104 cm³/mol. The third-order valence-corrected chi connectivity index (χ3v) is 7.66. The van der Waals surface area contributed by atoms with Gasteiger partial charge in [0.05, 0.1) is 31.8 Å². The highest BCUT2D eigenvalue weighted by atomic mass is 16.7. The van der Waals surface area contributed by atoms with Crippen molar-refractivity contribution in [2.24, 2.45) is 22.7 Å². The number of esters is 3. The number of epoxide rings is 1. The number of rotatable bonds is 6. The van der Waals surface area contributed by atoms with Crippen LogP contribution in [0.3, 0.4) is 0 Å². The minimum absolute atomic E-state index is 0.00704. The predicted octanol–water partition coefficient (Wildman–Crippen LogP) is 3.03. The van der Waals surface area contributed by atoms with E-state index < -0.39 is 11.0 Å². The maximum atomic E-state index is 12.8. The monoisotopic (exact) mass is 410 g/mol. The average Bonchev–Trinajstić information content (AvgIpc) is 3.39. The van der Waals surface area contributed by atoms with Crippen LogP contribution >= 0.6 is 0 Å². The molecule has 0 unspecified atom stereocenters. The van der Waals surface area contributed by atoms with E-state index in [1.165, 1.54) is 14.2 Å². The fourth-order valence-corrected chi connectivity index (χ4v) is 6.38. The molecular weight excluding hydrogens is 376 g/mol. The highest BCUT2D eigenvalue weighted by molar-refractivity contribution is 5.85. The molecule has 2 saturated carbocycles. The van der Waals surface area contributed by atoms with Crippen LogP contribution in [0.2, 0.25) is 0 Å². The SMILES string of the molecule is COC(=O)[C@@]12O[C@@H]1C[C@@H]1[C@](C)(CCC[C@@]1(C)C(=O)OC)[C@H]2CCC(=O)OC(C)C. The van der Waals surface area contributed by atoms with Crippen molar-refractivity contribution in [3.63, 3.8) is 0 Å². The van der Waals surface area contributed by atoms with Gasteiger partial charge in [-0.05, 0) is 57.8 Å². The molecule has 0 radical (unpaired) electrons. The Kier molecular flexibility index (Phi) is 5.75. The molecule has 2 aliphatic carbocycles. The highest BCUT2D eigenvalue weighted by Gasteiger charge is 2.77. The van der Waals surface area contributed by atoms with Gasteiger partial charge in [0.15, 0.2) is 5.60 Å². The average molecular weight is 411 g/mol. The molecule has 0 aromatic carbocycles. The van der Waals surface area contributed by atoms with E-state index in [9.17, 15) is 14.4 Å². The Morgan fingerprint density at radius 1 is 1.07 bits per heavy atom. The lowest BCUT2D eigenvalue weighted by Crippen LogP contribution is -2.59. The molecule has 3 fully saturated rings. The maximum absolute atomic E-state index is 12.8. The molecule has 0 spiro atoms. The molecular formula is C22H34O7. The summed E-state index contributed by atoms with van der Waals surface area (Å²) in [4.78, 5) is 37.8. The van der Waals surface area contributed by atoms with Crippen LogP contribution in [0.25, 0.3) is 0 Å². The summed E-state index contributed by atoms with van der Waals surface area (Å²) in [7, 11) is 2.79. The summed E-state index contributed by atoms with van der Waals surface area (Å²) in [6.07, 6.45) is 3.27. The zero-order valence-corrected chi connectivity index (χ0v) is 18.4. The lowest BCUT2D eigenvalue weighted by atomic mass is 9.45. The number of methoxy groups -OCH3 is 2. The Labute approximate surface area is 172 Å². The summed E-state index contributed by atoms with van der Waals surface area (Å²) in [5.41, 5.74) is -2.00. The van der Waals surface area contributed by atoms with Crippen LogP contribution in [0.5, 0.6) is 0 Å². The van der Waals surface area contributed by atoms with Crippen LogP contribution in [0, 0.1) is 22.7 Å². The second-order valence-corrected chi connectivity index (χ2v) is 9.58. The summed E-state index contributed by atoms with van der Waals surface area (Å²) < 4.78 is 21.6. The van der Waals surface area contributed by atoms with Gasteiger partial charge in [0, 0.05) is 12.3 Å². The van der Waals surface area contributed by atoms with E-state index in [4.69, 9.17) is 18.9 Å². The van der Waals surface area contributed by atoms with Gasteiger partial charge in [-0.15, -0.1) is 0 Å². The van der Waals surface area contributed by atoms with Crippen molar-refractivity contribution in [3.05, 3.63) is 0 Å². The first-order chi connectivity index (χ1) is 13.6. The fourth-order valence-electron chi connectivity index (χ4n) is 6.38. The first-order valence-electron chi connectivity index (χ1n) is 10.6. The maximum Gasteiger partial charge on any atom is 0.341 e. The Balaban J connectivity index is 1.95. The number of fused-ring (bicyclic) bond motifs is 2. The molecule has 1 aliphatic heterocycles. The third-order valence-electron chi connectivity index (χ3n) is 7.66. The fraction of sp³-hybridized carbons (Fsp3) is 0.864. The molecule has 3 rings (SSSR count). The van der Waals surface area contributed by atoms with Crippen LogP contribution in [0.1, 0.15) is 66.2 Å². The van der Waals surface area contributed by atoms with E-state index in [1.54, 1.807) is 0 Å². The van der Waals surface area contributed by atoms with Gasteiger partial charge in [0.2, 0.25) is 0 Å². The molecule has 1 saturated heterocycles. The minimum Gasteiger partial charge on any atom is -0.469 e. The van der Waals surface area contributed by atoms with Crippen molar-refractivity contribution in [3.8, 4) is 0 Å². The van der Waals surface area contributed by atoms with Gasteiger partial charge in [0.1, 0.15) is 0 Å². The summed E-state index contributed by atoms with van der Waals surface area (Å²) in [5, 5.41) is 0. The molecule has 7 nitrogen and oxygen atoms in total. The smallest absolute Gasteiger partial charge is 0.341 e. The summed E-state index contributed by atoms with van der Waals surface area (Å²) in [5.74, 6) is -1.09. The molecule has 1 heterocycles. The van der Waals surface area contributed by atoms with Crippen LogP contribution in [-0.2, 0) is 33.3 Å². The van der Waals surface area contributed by atoms with Gasteiger partial charge in [0.25, 0.3) is 0 Å². The van der Waals surface area contributed by atoms with E-state index >= 15 is 0 Å². The van der Waals surface area contributed by atoms with Gasteiger partial charge >= 0.3 is 17.9 Å². The number of ether oxygens (including phenoxy) is 4.